The zero-order valence-corrected chi connectivity index (χ0v) is 12.5. The lowest BCUT2D eigenvalue weighted by Gasteiger charge is -2.17. The highest BCUT2D eigenvalue weighted by molar-refractivity contribution is 6.29. The van der Waals surface area contributed by atoms with Crippen LogP contribution in [0.3, 0.4) is 0 Å². The van der Waals surface area contributed by atoms with E-state index in [0.717, 1.165) is 10.6 Å². The van der Waals surface area contributed by atoms with Gasteiger partial charge in [0.2, 0.25) is 5.88 Å². The van der Waals surface area contributed by atoms with Crippen LogP contribution in [-0.2, 0) is 6.42 Å². The lowest BCUT2D eigenvalue weighted by Crippen LogP contribution is -2.34. The largest absolute Gasteiger partial charge is 0.471 e. The zero-order valence-electron chi connectivity index (χ0n) is 11.8. The summed E-state index contributed by atoms with van der Waals surface area (Å²) in [5, 5.41) is 3.85. The van der Waals surface area contributed by atoms with Crippen LogP contribution < -0.4 is 10.1 Å². The lowest BCUT2D eigenvalue weighted by atomic mass is 10.1. The van der Waals surface area contributed by atoms with Crippen LogP contribution in [0.2, 0.25) is 0 Å². The van der Waals surface area contributed by atoms with Crippen molar-refractivity contribution in [2.24, 2.45) is 0 Å². The van der Waals surface area contributed by atoms with Gasteiger partial charge in [0.15, 0.2) is 6.61 Å². The molecule has 1 aliphatic rings. The summed E-state index contributed by atoms with van der Waals surface area (Å²) in [7, 11) is 0. The van der Waals surface area contributed by atoms with E-state index in [4.69, 9.17) is 16.3 Å². The van der Waals surface area contributed by atoms with E-state index in [1.807, 2.05) is 0 Å². The summed E-state index contributed by atoms with van der Waals surface area (Å²) >= 11 is 5.87. The van der Waals surface area contributed by atoms with Gasteiger partial charge >= 0.3 is 12.3 Å². The molecule has 1 aromatic rings. The molecule has 0 fully saturated rings. The maximum atomic E-state index is 12.8. The monoisotopic (exact) mass is 338 g/mol. The SMILES string of the molecule is Cc1cc(CC2CC(Cl)=CN2)cnc1OCC(F)(F)C(F)F. The predicted molar refractivity (Wildman–Crippen MR) is 74.6 cm³/mol. The van der Waals surface area contributed by atoms with Crippen molar-refractivity contribution >= 4 is 11.6 Å². The quantitative estimate of drug-likeness (QED) is 0.804. The van der Waals surface area contributed by atoms with Crippen molar-refractivity contribution in [1.82, 2.24) is 10.3 Å². The Hall–Kier alpha value is -1.50. The van der Waals surface area contributed by atoms with Gasteiger partial charge in [0.1, 0.15) is 0 Å². The first-order valence-electron chi connectivity index (χ1n) is 6.63. The number of halogens is 5. The maximum Gasteiger partial charge on any atom is 0.340 e. The summed E-state index contributed by atoms with van der Waals surface area (Å²) in [4.78, 5) is 3.92. The van der Waals surface area contributed by atoms with Gasteiger partial charge in [-0.1, -0.05) is 11.6 Å². The number of nitrogens with one attached hydrogen (secondary N) is 1. The molecule has 1 aliphatic heterocycles. The molecule has 0 aromatic carbocycles. The molecule has 3 nitrogen and oxygen atoms in total. The van der Waals surface area contributed by atoms with Crippen LogP contribution in [0.15, 0.2) is 23.5 Å². The molecule has 1 aromatic heterocycles. The number of ether oxygens (including phenoxy) is 1. The molecule has 8 heteroatoms. The third-order valence-electron chi connectivity index (χ3n) is 3.21. The van der Waals surface area contributed by atoms with Crippen molar-refractivity contribution in [2.75, 3.05) is 6.61 Å². The van der Waals surface area contributed by atoms with Crippen LogP contribution in [0.4, 0.5) is 17.6 Å². The van der Waals surface area contributed by atoms with Gasteiger partial charge in [-0.3, -0.25) is 0 Å². The number of nitrogens with zero attached hydrogens (tertiary/aromatic N) is 1. The number of hydrogen-bond acceptors (Lipinski definition) is 3. The van der Waals surface area contributed by atoms with Crippen molar-refractivity contribution in [3.05, 3.63) is 34.6 Å². The molecule has 0 saturated carbocycles. The normalized spacial score (nSPS) is 18.3. The molecule has 0 amide bonds. The first kappa shape index (κ1) is 16.9. The number of hydrogen-bond donors (Lipinski definition) is 1. The molecule has 1 atom stereocenters. The molecule has 0 spiro atoms. The second-order valence-electron chi connectivity index (χ2n) is 5.18. The van der Waals surface area contributed by atoms with E-state index in [1.165, 1.54) is 6.20 Å². The summed E-state index contributed by atoms with van der Waals surface area (Å²) in [5.74, 6) is -4.26. The van der Waals surface area contributed by atoms with Gasteiger partial charge in [-0.25, -0.2) is 13.8 Å². The molecule has 0 aliphatic carbocycles. The molecular weight excluding hydrogens is 324 g/mol. The van der Waals surface area contributed by atoms with E-state index in [2.05, 4.69) is 10.3 Å². The van der Waals surface area contributed by atoms with E-state index in [1.54, 1.807) is 19.2 Å². The Balaban J connectivity index is 1.95. The van der Waals surface area contributed by atoms with Crippen LogP contribution >= 0.6 is 11.6 Å². The van der Waals surface area contributed by atoms with Crippen LogP contribution in [0.5, 0.6) is 5.88 Å². The summed E-state index contributed by atoms with van der Waals surface area (Å²) in [5.41, 5.74) is 1.39. The Labute approximate surface area is 130 Å². The van der Waals surface area contributed by atoms with Gasteiger partial charge in [-0.15, -0.1) is 0 Å². The van der Waals surface area contributed by atoms with Crippen LogP contribution in [0.25, 0.3) is 0 Å². The minimum absolute atomic E-state index is 0.0698. The third kappa shape index (κ3) is 4.25. The molecular formula is C14H15ClF4N2O. The maximum absolute atomic E-state index is 12.8. The highest BCUT2D eigenvalue weighted by Gasteiger charge is 2.42. The molecule has 122 valence electrons. The van der Waals surface area contributed by atoms with Gasteiger partial charge in [0.05, 0.1) is 0 Å². The molecule has 1 unspecified atom stereocenters. The third-order valence-corrected chi connectivity index (χ3v) is 3.47. The highest BCUT2D eigenvalue weighted by atomic mass is 35.5. The second-order valence-corrected chi connectivity index (χ2v) is 5.66. The van der Waals surface area contributed by atoms with Gasteiger partial charge < -0.3 is 10.1 Å². The minimum Gasteiger partial charge on any atom is -0.471 e. The molecule has 2 rings (SSSR count). The van der Waals surface area contributed by atoms with Crippen LogP contribution in [0, 0.1) is 6.92 Å². The molecule has 22 heavy (non-hydrogen) atoms. The summed E-state index contributed by atoms with van der Waals surface area (Å²) < 4.78 is 54.5. The van der Waals surface area contributed by atoms with Crippen molar-refractivity contribution in [3.8, 4) is 5.88 Å². The Morgan fingerprint density at radius 2 is 2.23 bits per heavy atom. The molecule has 0 saturated heterocycles. The van der Waals surface area contributed by atoms with Crippen molar-refractivity contribution < 1.29 is 22.3 Å². The smallest absolute Gasteiger partial charge is 0.340 e. The fraction of sp³-hybridized carbons (Fsp3) is 0.500. The van der Waals surface area contributed by atoms with E-state index in [0.29, 0.717) is 18.4 Å². The standard InChI is InChI=1S/C14H15ClF4N2O/c1-8-2-9(3-11-4-10(15)6-20-11)5-21-12(8)22-7-14(18,19)13(16)17/h2,5-6,11,13,20H,3-4,7H2,1H3. The molecule has 0 radical (unpaired) electrons. The number of aryl methyl sites for hydroxylation is 1. The van der Waals surface area contributed by atoms with E-state index in [9.17, 15) is 17.6 Å². The minimum atomic E-state index is -4.19. The molecule has 1 N–H and O–H groups in total. The Bertz CT molecular complexity index is 566. The first-order chi connectivity index (χ1) is 10.3. The van der Waals surface area contributed by atoms with Gasteiger partial charge in [0.25, 0.3) is 0 Å². The van der Waals surface area contributed by atoms with Crippen molar-refractivity contribution in [3.63, 3.8) is 0 Å². The summed E-state index contributed by atoms with van der Waals surface area (Å²) in [6.45, 7) is 0.223. The van der Waals surface area contributed by atoms with Gasteiger partial charge in [-0.05, 0) is 25.0 Å². The van der Waals surface area contributed by atoms with Crippen molar-refractivity contribution in [2.45, 2.75) is 38.2 Å². The highest BCUT2D eigenvalue weighted by Crippen LogP contribution is 2.25. The number of rotatable bonds is 6. The van der Waals surface area contributed by atoms with E-state index in [-0.39, 0.29) is 11.9 Å². The number of aromatic nitrogens is 1. The Morgan fingerprint density at radius 1 is 1.50 bits per heavy atom. The second kappa shape index (κ2) is 6.73. The average Bonchev–Trinajstić information content (AvgIpc) is 2.83. The van der Waals surface area contributed by atoms with Crippen molar-refractivity contribution in [1.29, 1.82) is 0 Å². The Kier molecular flexibility index (Phi) is 5.16. The molecule has 2 heterocycles. The first-order valence-corrected chi connectivity index (χ1v) is 7.00. The number of alkyl halides is 4. The lowest BCUT2D eigenvalue weighted by molar-refractivity contribution is -0.148. The summed E-state index contributed by atoms with van der Waals surface area (Å²) in [6.07, 6.45) is 0.818. The zero-order chi connectivity index (χ0) is 16.3. The predicted octanol–water partition coefficient (Wildman–Crippen LogP) is 3.65. The van der Waals surface area contributed by atoms with Crippen LogP contribution in [0.1, 0.15) is 17.5 Å². The number of pyridine rings is 1. The average molecular weight is 339 g/mol. The summed E-state index contributed by atoms with van der Waals surface area (Å²) in [6, 6.07) is 1.89. The van der Waals surface area contributed by atoms with E-state index < -0.39 is 19.0 Å². The fourth-order valence-electron chi connectivity index (χ4n) is 2.09. The topological polar surface area (TPSA) is 34.2 Å². The van der Waals surface area contributed by atoms with Gasteiger partial charge in [0, 0.05) is 35.5 Å². The Morgan fingerprint density at radius 3 is 2.77 bits per heavy atom. The van der Waals surface area contributed by atoms with E-state index >= 15 is 0 Å². The van der Waals surface area contributed by atoms with Gasteiger partial charge in [-0.2, -0.15) is 8.78 Å². The van der Waals surface area contributed by atoms with Crippen LogP contribution in [-0.4, -0.2) is 30.0 Å². The molecule has 0 bridgehead atoms. The fourth-order valence-corrected chi connectivity index (χ4v) is 2.34.